The van der Waals surface area contributed by atoms with E-state index in [-0.39, 0.29) is 24.6 Å². The van der Waals surface area contributed by atoms with Crippen LogP contribution in [0, 0.1) is 6.92 Å². The monoisotopic (exact) mass is 486 g/mol. The number of para-hydroxylation sites is 1. The van der Waals surface area contributed by atoms with Crippen LogP contribution in [0.15, 0.2) is 77.7 Å². The van der Waals surface area contributed by atoms with Crippen LogP contribution < -0.4 is 14.4 Å². The lowest BCUT2D eigenvalue weighted by Gasteiger charge is -2.25. The van der Waals surface area contributed by atoms with Gasteiger partial charge < -0.3 is 10.1 Å². The molecule has 0 saturated heterocycles. The van der Waals surface area contributed by atoms with Crippen molar-refractivity contribution >= 4 is 33.2 Å². The van der Waals surface area contributed by atoms with Gasteiger partial charge in [-0.15, -0.1) is 0 Å². The Balaban J connectivity index is 1.68. The van der Waals surface area contributed by atoms with Gasteiger partial charge in [-0.3, -0.25) is 9.10 Å². The zero-order valence-electron chi connectivity index (χ0n) is 18.6. The second-order valence-corrected chi connectivity index (χ2v) is 9.75. The van der Waals surface area contributed by atoms with E-state index in [2.05, 4.69) is 12.2 Å². The first kappa shape index (κ1) is 24.6. The summed E-state index contributed by atoms with van der Waals surface area (Å²) in [5.74, 6) is 0.286. The first-order valence-electron chi connectivity index (χ1n) is 10.6. The van der Waals surface area contributed by atoms with E-state index >= 15 is 0 Å². The van der Waals surface area contributed by atoms with Gasteiger partial charge in [0, 0.05) is 5.02 Å². The maximum Gasteiger partial charge on any atom is 0.264 e. The van der Waals surface area contributed by atoms with Crippen molar-refractivity contribution in [2.24, 2.45) is 0 Å². The van der Waals surface area contributed by atoms with E-state index in [0.717, 1.165) is 16.3 Å². The van der Waals surface area contributed by atoms with Gasteiger partial charge in [0.2, 0.25) is 5.91 Å². The molecule has 1 amide bonds. The van der Waals surface area contributed by atoms with Crippen molar-refractivity contribution in [3.05, 3.63) is 88.9 Å². The van der Waals surface area contributed by atoms with E-state index in [4.69, 9.17) is 16.3 Å². The lowest BCUT2D eigenvalue weighted by atomic mass is 10.2. The second kappa shape index (κ2) is 11.2. The fourth-order valence-corrected chi connectivity index (χ4v) is 4.86. The van der Waals surface area contributed by atoms with Crippen LogP contribution in [-0.4, -0.2) is 34.0 Å². The number of nitrogens with one attached hydrogen (secondary N) is 1. The third-order valence-electron chi connectivity index (χ3n) is 5.10. The fraction of sp³-hybridized carbons (Fsp3) is 0.240. The van der Waals surface area contributed by atoms with E-state index in [1.807, 2.05) is 30.3 Å². The molecule has 3 rings (SSSR count). The molecule has 0 aromatic heterocycles. The van der Waals surface area contributed by atoms with E-state index < -0.39 is 15.9 Å². The van der Waals surface area contributed by atoms with Crippen LogP contribution >= 0.6 is 11.6 Å². The summed E-state index contributed by atoms with van der Waals surface area (Å²) in [5.41, 5.74) is 2.39. The standard InChI is InChI=1S/C25H27ClN2O4S/c1-3-20-8-12-22(13-9-20)32-17-16-27-25(29)18-28(24-7-5-4-6-19(24)2)33(30,31)23-14-10-21(26)11-15-23/h4-15H,3,16-18H2,1-2H3,(H,27,29). The number of anilines is 1. The van der Waals surface area contributed by atoms with Crippen molar-refractivity contribution < 1.29 is 17.9 Å². The third kappa shape index (κ3) is 6.49. The normalized spacial score (nSPS) is 11.1. The summed E-state index contributed by atoms with van der Waals surface area (Å²) >= 11 is 5.91. The minimum atomic E-state index is -3.99. The van der Waals surface area contributed by atoms with E-state index in [1.165, 1.54) is 29.8 Å². The predicted octanol–water partition coefficient (Wildman–Crippen LogP) is 4.60. The van der Waals surface area contributed by atoms with Gasteiger partial charge in [0.15, 0.2) is 0 Å². The molecule has 0 radical (unpaired) electrons. The first-order valence-corrected chi connectivity index (χ1v) is 12.5. The average molecular weight is 487 g/mol. The zero-order chi connectivity index (χ0) is 23.8. The maximum absolute atomic E-state index is 13.4. The van der Waals surface area contributed by atoms with Gasteiger partial charge in [-0.25, -0.2) is 8.42 Å². The highest BCUT2D eigenvalue weighted by Crippen LogP contribution is 2.27. The summed E-state index contributed by atoms with van der Waals surface area (Å²) in [6.45, 7) is 4.04. The number of amides is 1. The SMILES string of the molecule is CCc1ccc(OCCNC(=O)CN(c2ccccc2C)S(=O)(=O)c2ccc(Cl)cc2)cc1. The van der Waals surface area contributed by atoms with Gasteiger partial charge >= 0.3 is 0 Å². The molecule has 3 aromatic rings. The third-order valence-corrected chi connectivity index (χ3v) is 7.12. The van der Waals surface area contributed by atoms with Crippen LogP contribution in [-0.2, 0) is 21.2 Å². The van der Waals surface area contributed by atoms with Crippen LogP contribution in [0.1, 0.15) is 18.1 Å². The summed E-state index contributed by atoms with van der Waals surface area (Å²) in [7, 11) is -3.99. The Labute approximate surface area is 200 Å². The zero-order valence-corrected chi connectivity index (χ0v) is 20.2. The highest BCUT2D eigenvalue weighted by atomic mass is 35.5. The molecule has 0 spiro atoms. The largest absolute Gasteiger partial charge is 0.492 e. The quantitative estimate of drug-likeness (QED) is 0.425. The Hall–Kier alpha value is -3.03. The molecular formula is C25H27ClN2O4S. The minimum Gasteiger partial charge on any atom is -0.492 e. The van der Waals surface area contributed by atoms with Gasteiger partial charge in [0.1, 0.15) is 18.9 Å². The number of benzene rings is 3. The number of nitrogens with zero attached hydrogens (tertiary/aromatic N) is 1. The maximum atomic E-state index is 13.4. The minimum absolute atomic E-state index is 0.0572. The molecule has 0 heterocycles. The molecule has 1 N–H and O–H groups in total. The topological polar surface area (TPSA) is 75.7 Å². The van der Waals surface area contributed by atoms with Crippen molar-refractivity contribution in [2.75, 3.05) is 24.0 Å². The molecule has 33 heavy (non-hydrogen) atoms. The molecule has 6 nitrogen and oxygen atoms in total. The molecule has 0 fully saturated rings. The molecule has 3 aromatic carbocycles. The van der Waals surface area contributed by atoms with E-state index in [1.54, 1.807) is 25.1 Å². The smallest absolute Gasteiger partial charge is 0.264 e. The highest BCUT2D eigenvalue weighted by Gasteiger charge is 2.28. The van der Waals surface area contributed by atoms with Crippen LogP contribution in [0.5, 0.6) is 5.75 Å². The van der Waals surface area contributed by atoms with Crippen LogP contribution in [0.25, 0.3) is 0 Å². The summed E-state index contributed by atoms with van der Waals surface area (Å²) in [6, 6.07) is 20.7. The molecule has 0 aliphatic heterocycles. The number of hydrogen-bond acceptors (Lipinski definition) is 4. The molecule has 0 atom stereocenters. The fourth-order valence-electron chi connectivity index (χ4n) is 3.24. The van der Waals surface area contributed by atoms with Crippen LogP contribution in [0.2, 0.25) is 5.02 Å². The Kier molecular flexibility index (Phi) is 8.36. The molecule has 174 valence electrons. The lowest BCUT2D eigenvalue weighted by molar-refractivity contribution is -0.119. The van der Waals surface area contributed by atoms with Gasteiger partial charge in [-0.05, 0) is 66.9 Å². The second-order valence-electron chi connectivity index (χ2n) is 7.45. The highest BCUT2D eigenvalue weighted by molar-refractivity contribution is 7.92. The van der Waals surface area contributed by atoms with E-state index in [0.29, 0.717) is 16.5 Å². The number of sulfonamides is 1. The molecule has 0 saturated carbocycles. The number of halogens is 1. The molecule has 0 unspecified atom stereocenters. The number of ether oxygens (including phenoxy) is 1. The number of carbonyl (C=O) groups excluding carboxylic acids is 1. The number of hydrogen-bond donors (Lipinski definition) is 1. The van der Waals surface area contributed by atoms with Gasteiger partial charge in [-0.1, -0.05) is 48.9 Å². The van der Waals surface area contributed by atoms with E-state index in [9.17, 15) is 13.2 Å². The molecule has 0 bridgehead atoms. The summed E-state index contributed by atoms with van der Waals surface area (Å²) in [6.07, 6.45) is 0.951. The predicted molar refractivity (Wildman–Crippen MR) is 131 cm³/mol. The average Bonchev–Trinajstić information content (AvgIpc) is 2.81. The Morgan fingerprint density at radius 2 is 1.67 bits per heavy atom. The van der Waals surface area contributed by atoms with Crippen molar-refractivity contribution in [1.82, 2.24) is 5.32 Å². The summed E-state index contributed by atoms with van der Waals surface area (Å²) in [4.78, 5) is 12.7. The van der Waals surface area contributed by atoms with Crippen molar-refractivity contribution in [1.29, 1.82) is 0 Å². The van der Waals surface area contributed by atoms with Crippen molar-refractivity contribution in [3.8, 4) is 5.75 Å². The Morgan fingerprint density at radius 3 is 2.30 bits per heavy atom. The van der Waals surface area contributed by atoms with Crippen molar-refractivity contribution in [3.63, 3.8) is 0 Å². The van der Waals surface area contributed by atoms with Crippen LogP contribution in [0.3, 0.4) is 0 Å². The summed E-state index contributed by atoms with van der Waals surface area (Å²) in [5, 5.41) is 3.17. The Morgan fingerprint density at radius 1 is 1.00 bits per heavy atom. The number of carbonyl (C=O) groups is 1. The van der Waals surface area contributed by atoms with Gasteiger partial charge in [-0.2, -0.15) is 0 Å². The van der Waals surface area contributed by atoms with Gasteiger partial charge in [0.25, 0.3) is 10.0 Å². The summed E-state index contributed by atoms with van der Waals surface area (Å²) < 4.78 is 33.5. The first-order chi connectivity index (χ1) is 15.8. The lowest BCUT2D eigenvalue weighted by Crippen LogP contribution is -2.42. The van der Waals surface area contributed by atoms with Gasteiger partial charge in [0.05, 0.1) is 17.1 Å². The Bertz CT molecular complexity index is 1180. The molecular weight excluding hydrogens is 460 g/mol. The molecule has 8 heteroatoms. The number of rotatable bonds is 10. The molecule has 0 aliphatic rings. The molecule has 0 aliphatic carbocycles. The van der Waals surface area contributed by atoms with Crippen LogP contribution in [0.4, 0.5) is 5.69 Å². The number of aryl methyl sites for hydroxylation is 2. The van der Waals surface area contributed by atoms with Crippen molar-refractivity contribution in [2.45, 2.75) is 25.2 Å².